The molecule has 5 rings (SSSR count). The molecule has 0 aliphatic heterocycles. The summed E-state index contributed by atoms with van der Waals surface area (Å²) in [5.74, 6) is 0.141. The molecule has 5 aromatic rings. The first-order valence-corrected chi connectivity index (χ1v) is 11.2. The van der Waals surface area contributed by atoms with Gasteiger partial charge in [0.25, 0.3) is 0 Å². The van der Waals surface area contributed by atoms with Gasteiger partial charge in [0.15, 0.2) is 5.69 Å². The molecule has 6 nitrogen and oxygen atoms in total. The third-order valence-electron chi connectivity index (χ3n) is 5.42. The number of aromatic nitrogens is 2. The Bertz CT molecular complexity index is 1530. The number of anilines is 1. The van der Waals surface area contributed by atoms with Crippen LogP contribution in [0.2, 0.25) is 0 Å². The summed E-state index contributed by atoms with van der Waals surface area (Å²) in [6.45, 7) is 0. The van der Waals surface area contributed by atoms with Gasteiger partial charge in [-0.15, -0.1) is 0 Å². The molecule has 0 aliphatic rings. The van der Waals surface area contributed by atoms with Gasteiger partial charge in [-0.3, -0.25) is 8.78 Å². The molecule has 4 aromatic carbocycles. The average molecular weight is 481 g/mol. The number of alkyl halides is 3. The maximum Gasteiger partial charge on any atom is 0.434 e. The van der Waals surface area contributed by atoms with Crippen LogP contribution in [0.5, 0.6) is 0 Å². The topological polar surface area (TPSA) is 82.0 Å². The van der Waals surface area contributed by atoms with Crippen molar-refractivity contribution in [2.75, 3.05) is 5.43 Å². The molecule has 1 aromatic heterocycles. The largest absolute Gasteiger partial charge is 0.759 e. The number of fused-ring (bicyclic) bond motifs is 3. The Labute approximate surface area is 194 Å². The number of nitrogens with one attached hydrogen (secondary N) is 2. The van der Waals surface area contributed by atoms with Gasteiger partial charge in [0.2, 0.25) is 0 Å². The second-order valence-electron chi connectivity index (χ2n) is 7.55. The van der Waals surface area contributed by atoms with Gasteiger partial charge in [0, 0.05) is 34.4 Å². The molecule has 0 radical (unpaired) electrons. The monoisotopic (exact) mass is 481 g/mol. The van der Waals surface area contributed by atoms with Crippen molar-refractivity contribution in [2.24, 2.45) is 0 Å². The van der Waals surface area contributed by atoms with Crippen molar-refractivity contribution in [2.45, 2.75) is 6.18 Å². The third kappa shape index (κ3) is 4.26. The molecular formula is C24H16F3N4O2S-. The first kappa shape index (κ1) is 22.1. The van der Waals surface area contributed by atoms with Gasteiger partial charge in [-0.05, 0) is 51.9 Å². The number of hydrogen-bond donors (Lipinski definition) is 2. The van der Waals surface area contributed by atoms with E-state index in [4.69, 9.17) is 0 Å². The van der Waals surface area contributed by atoms with Crippen LogP contribution >= 0.6 is 0 Å². The maximum absolute atomic E-state index is 13.5. The zero-order chi connectivity index (χ0) is 23.9. The number of rotatable bonds is 5. The zero-order valence-corrected chi connectivity index (χ0v) is 18.2. The first-order valence-electron chi connectivity index (χ1n) is 10.1. The Morgan fingerprint density at radius 3 is 2.32 bits per heavy atom. The van der Waals surface area contributed by atoms with Crippen molar-refractivity contribution < 1.29 is 21.9 Å². The number of imidazole rings is 1. The fourth-order valence-electron chi connectivity index (χ4n) is 3.88. The quantitative estimate of drug-likeness (QED) is 0.195. The van der Waals surface area contributed by atoms with Crippen LogP contribution in [0.25, 0.3) is 38.6 Å². The Morgan fingerprint density at radius 1 is 0.882 bits per heavy atom. The number of nitrogens with zero attached hydrogens (tertiary/aromatic N) is 2. The van der Waals surface area contributed by atoms with E-state index in [1.807, 2.05) is 53.4 Å². The van der Waals surface area contributed by atoms with Crippen molar-refractivity contribution in [1.82, 2.24) is 14.4 Å². The lowest BCUT2D eigenvalue weighted by Gasteiger charge is -2.12. The van der Waals surface area contributed by atoms with Crippen molar-refractivity contribution in [3.8, 4) is 17.1 Å². The Balaban J connectivity index is 1.61. The highest BCUT2D eigenvalue weighted by atomic mass is 32.2. The predicted molar refractivity (Wildman–Crippen MR) is 125 cm³/mol. The second-order valence-corrected chi connectivity index (χ2v) is 8.22. The van der Waals surface area contributed by atoms with Gasteiger partial charge >= 0.3 is 6.18 Å². The lowest BCUT2D eigenvalue weighted by Crippen LogP contribution is -2.23. The molecule has 0 bridgehead atoms. The molecule has 1 heterocycles. The summed E-state index contributed by atoms with van der Waals surface area (Å²) in [5, 5.41) is 4.01. The molecule has 0 spiro atoms. The van der Waals surface area contributed by atoms with Crippen LogP contribution in [-0.2, 0) is 17.4 Å². The SMILES string of the molecule is O=S([O-])NNc1ccc(-n2cc(C(F)(F)F)nc2-c2ccc3c(ccc4ccccc43)c2)cc1. The van der Waals surface area contributed by atoms with E-state index >= 15 is 0 Å². The molecule has 0 aliphatic carbocycles. The Morgan fingerprint density at radius 2 is 1.59 bits per heavy atom. The molecule has 0 saturated heterocycles. The highest BCUT2D eigenvalue weighted by molar-refractivity contribution is 7.77. The summed E-state index contributed by atoms with van der Waals surface area (Å²) in [6.07, 6.45) is -3.66. The number of hydrogen-bond acceptors (Lipinski definition) is 4. The van der Waals surface area contributed by atoms with Crippen LogP contribution in [-0.4, -0.2) is 18.3 Å². The summed E-state index contributed by atoms with van der Waals surface area (Å²) < 4.78 is 63.2. The number of halogens is 3. The van der Waals surface area contributed by atoms with E-state index in [1.54, 1.807) is 30.3 Å². The third-order valence-corrected chi connectivity index (χ3v) is 5.69. The first-order chi connectivity index (χ1) is 16.3. The lowest BCUT2D eigenvalue weighted by atomic mass is 10.00. The number of benzene rings is 4. The summed E-state index contributed by atoms with van der Waals surface area (Å²) in [5.41, 5.74) is 2.84. The summed E-state index contributed by atoms with van der Waals surface area (Å²) in [6, 6.07) is 23.5. The standard InChI is InChI=1S/C24H17F3N4O2S/c25-24(26,27)22-14-31(19-10-8-18(9-11-19)29-30-34(32)33)23(28-22)17-7-12-21-16(13-17)6-5-15-3-1-2-4-20(15)21/h1-14,29-30H,(H,32,33)/p-1. The minimum absolute atomic E-state index is 0.141. The van der Waals surface area contributed by atoms with E-state index in [2.05, 4.69) is 10.4 Å². The zero-order valence-electron chi connectivity index (χ0n) is 17.3. The molecule has 1 unspecified atom stereocenters. The molecule has 0 fully saturated rings. The van der Waals surface area contributed by atoms with Crippen molar-refractivity contribution in [3.05, 3.63) is 90.8 Å². The van der Waals surface area contributed by atoms with Gasteiger partial charge in [0.05, 0.1) is 0 Å². The lowest BCUT2D eigenvalue weighted by molar-refractivity contribution is -0.140. The highest BCUT2D eigenvalue weighted by Gasteiger charge is 2.35. The molecular weight excluding hydrogens is 465 g/mol. The minimum Gasteiger partial charge on any atom is -0.759 e. The van der Waals surface area contributed by atoms with Crippen LogP contribution in [0.15, 0.2) is 85.1 Å². The van der Waals surface area contributed by atoms with E-state index in [0.717, 1.165) is 27.7 Å². The van der Waals surface area contributed by atoms with E-state index in [9.17, 15) is 21.9 Å². The Kier molecular flexibility index (Phi) is 5.56. The molecule has 10 heteroatoms. The molecule has 34 heavy (non-hydrogen) atoms. The van der Waals surface area contributed by atoms with Gasteiger partial charge < -0.3 is 9.98 Å². The van der Waals surface area contributed by atoms with E-state index in [0.29, 0.717) is 16.9 Å². The fourth-order valence-corrected chi connectivity index (χ4v) is 4.08. The average Bonchev–Trinajstić information content (AvgIpc) is 3.29. The smallest absolute Gasteiger partial charge is 0.434 e. The summed E-state index contributed by atoms with van der Waals surface area (Å²) in [4.78, 5) is 5.92. The van der Waals surface area contributed by atoms with Crippen LogP contribution < -0.4 is 10.3 Å². The normalized spacial score (nSPS) is 12.8. The van der Waals surface area contributed by atoms with Crippen molar-refractivity contribution in [3.63, 3.8) is 0 Å². The van der Waals surface area contributed by atoms with Crippen LogP contribution in [0.3, 0.4) is 0 Å². The van der Waals surface area contributed by atoms with Crippen LogP contribution in [0.4, 0.5) is 18.9 Å². The van der Waals surface area contributed by atoms with Gasteiger partial charge in [-0.2, -0.15) is 18.0 Å². The molecule has 172 valence electrons. The van der Waals surface area contributed by atoms with Gasteiger partial charge in [0.1, 0.15) is 5.82 Å². The van der Waals surface area contributed by atoms with E-state index < -0.39 is 23.1 Å². The second kappa shape index (κ2) is 8.56. The molecule has 0 saturated carbocycles. The van der Waals surface area contributed by atoms with Crippen LogP contribution in [0.1, 0.15) is 5.69 Å². The van der Waals surface area contributed by atoms with Crippen LogP contribution in [0, 0.1) is 0 Å². The maximum atomic E-state index is 13.5. The molecule has 1 atom stereocenters. The summed E-state index contributed by atoms with van der Waals surface area (Å²) in [7, 11) is 0. The minimum atomic E-state index is -4.61. The number of hydrazine groups is 1. The fraction of sp³-hybridized carbons (Fsp3) is 0.0417. The Hall–Kier alpha value is -3.73. The van der Waals surface area contributed by atoms with Crippen molar-refractivity contribution in [1.29, 1.82) is 0 Å². The van der Waals surface area contributed by atoms with E-state index in [-0.39, 0.29) is 5.82 Å². The van der Waals surface area contributed by atoms with E-state index in [1.165, 1.54) is 4.57 Å². The summed E-state index contributed by atoms with van der Waals surface area (Å²) >= 11 is -2.51. The molecule has 2 N–H and O–H groups in total. The predicted octanol–water partition coefficient (Wildman–Crippen LogP) is 5.58. The van der Waals surface area contributed by atoms with Gasteiger partial charge in [-0.25, -0.2) is 4.98 Å². The molecule has 0 amide bonds. The van der Waals surface area contributed by atoms with Gasteiger partial charge in [-0.1, -0.05) is 48.5 Å². The highest BCUT2D eigenvalue weighted by Crippen LogP contribution is 2.34. The van der Waals surface area contributed by atoms with Crippen molar-refractivity contribution >= 4 is 38.5 Å².